The molecule has 0 N–H and O–H groups in total. The van der Waals surface area contributed by atoms with E-state index in [1.165, 1.54) is 12.1 Å². The Morgan fingerprint density at radius 2 is 2.00 bits per heavy atom. The van der Waals surface area contributed by atoms with Crippen LogP contribution < -0.4 is 4.90 Å². The molecular weight excluding hydrogens is 387 g/mol. The van der Waals surface area contributed by atoms with Gasteiger partial charge < -0.3 is 4.90 Å². The largest absolute Gasteiger partial charge is 0.303 e. The van der Waals surface area contributed by atoms with Crippen LogP contribution in [0.3, 0.4) is 0 Å². The predicted molar refractivity (Wildman–Crippen MR) is 114 cm³/mol. The fraction of sp³-hybridized carbons (Fsp3) is 0.227. The average molecular weight is 409 g/mol. The molecular formula is C22H21FN4OS. The lowest BCUT2D eigenvalue weighted by atomic mass is 10.1. The predicted octanol–water partition coefficient (Wildman–Crippen LogP) is 5.37. The summed E-state index contributed by atoms with van der Waals surface area (Å²) >= 11 is 1.58. The van der Waals surface area contributed by atoms with Crippen LogP contribution in [0.15, 0.2) is 54.0 Å². The number of amides is 1. The van der Waals surface area contributed by atoms with Crippen LogP contribution in [0.2, 0.25) is 0 Å². The van der Waals surface area contributed by atoms with Gasteiger partial charge in [-0.3, -0.25) is 4.79 Å². The summed E-state index contributed by atoms with van der Waals surface area (Å²) in [5.74, 6) is -0.508. The first-order valence-corrected chi connectivity index (χ1v) is 10.3. The van der Waals surface area contributed by atoms with Gasteiger partial charge in [-0.05, 0) is 62.5 Å². The molecule has 0 aliphatic heterocycles. The number of anilines is 1. The van der Waals surface area contributed by atoms with E-state index in [0.717, 1.165) is 15.9 Å². The van der Waals surface area contributed by atoms with Gasteiger partial charge in [-0.1, -0.05) is 6.07 Å². The molecule has 0 fully saturated rings. The van der Waals surface area contributed by atoms with E-state index in [-0.39, 0.29) is 17.8 Å². The molecule has 29 heavy (non-hydrogen) atoms. The van der Waals surface area contributed by atoms with Crippen molar-refractivity contribution >= 4 is 34.0 Å². The number of hydrogen-bond acceptors (Lipinski definition) is 4. The molecule has 4 aromatic rings. The van der Waals surface area contributed by atoms with Gasteiger partial charge in [0.1, 0.15) is 5.82 Å². The van der Waals surface area contributed by atoms with E-state index in [0.29, 0.717) is 23.5 Å². The number of nitrogens with zero attached hydrogens (tertiary/aromatic N) is 4. The smallest absolute Gasteiger partial charge is 0.260 e. The monoisotopic (exact) mass is 408 g/mol. The number of aryl methyl sites for hydroxylation is 1. The van der Waals surface area contributed by atoms with Crippen molar-refractivity contribution in [2.45, 2.75) is 33.4 Å². The maximum absolute atomic E-state index is 13.5. The molecule has 148 valence electrons. The number of halogens is 1. The molecule has 3 aromatic heterocycles. The summed E-state index contributed by atoms with van der Waals surface area (Å²) in [6.45, 7) is 6.32. The summed E-state index contributed by atoms with van der Waals surface area (Å²) in [6, 6.07) is 11.9. The molecule has 0 aliphatic carbocycles. The quantitative estimate of drug-likeness (QED) is 0.446. The van der Waals surface area contributed by atoms with Crippen LogP contribution in [0.1, 0.15) is 40.8 Å². The summed E-state index contributed by atoms with van der Waals surface area (Å²) in [4.78, 5) is 20.9. The first kappa shape index (κ1) is 19.3. The second-order valence-electron chi connectivity index (χ2n) is 7.16. The molecule has 3 heterocycles. The SMILES string of the molecule is Cc1nc2c(cnn2C(C)C)cc1C(=O)N(Cc1cccs1)c1ccc(F)cc1. The Bertz CT molecular complexity index is 1150. The number of benzene rings is 1. The van der Waals surface area contributed by atoms with E-state index in [9.17, 15) is 9.18 Å². The molecule has 0 saturated carbocycles. The van der Waals surface area contributed by atoms with Crippen molar-refractivity contribution in [1.29, 1.82) is 0 Å². The normalized spacial score (nSPS) is 11.3. The standard InChI is InChI=1S/C22H21FN4OS/c1-14(2)27-21-16(12-24-27)11-20(15(3)25-21)22(28)26(13-19-5-4-10-29-19)18-8-6-17(23)7-9-18/h4-12,14H,13H2,1-3H3. The molecule has 0 radical (unpaired) electrons. The molecule has 7 heteroatoms. The number of rotatable bonds is 5. The first-order valence-electron chi connectivity index (χ1n) is 9.38. The van der Waals surface area contributed by atoms with Crippen LogP contribution in [0.5, 0.6) is 0 Å². The van der Waals surface area contributed by atoms with E-state index in [4.69, 9.17) is 0 Å². The number of carbonyl (C=O) groups is 1. The first-order chi connectivity index (χ1) is 13.9. The molecule has 0 unspecified atom stereocenters. The highest BCUT2D eigenvalue weighted by Crippen LogP contribution is 2.25. The van der Waals surface area contributed by atoms with E-state index in [2.05, 4.69) is 10.1 Å². The van der Waals surface area contributed by atoms with Crippen molar-refractivity contribution in [3.8, 4) is 0 Å². The van der Waals surface area contributed by atoms with Crippen LogP contribution in [0.4, 0.5) is 10.1 Å². The molecule has 1 amide bonds. The summed E-state index contributed by atoms with van der Waals surface area (Å²) in [5.41, 5.74) is 2.56. The number of thiophene rings is 1. The molecule has 0 bridgehead atoms. The van der Waals surface area contributed by atoms with Crippen LogP contribution in [-0.2, 0) is 6.54 Å². The number of carbonyl (C=O) groups excluding carboxylic acids is 1. The third-order valence-corrected chi connectivity index (χ3v) is 5.62. The lowest BCUT2D eigenvalue weighted by Gasteiger charge is -2.23. The van der Waals surface area contributed by atoms with Gasteiger partial charge >= 0.3 is 0 Å². The maximum Gasteiger partial charge on any atom is 0.260 e. The number of aromatic nitrogens is 3. The average Bonchev–Trinajstić information content (AvgIpc) is 3.35. The third-order valence-electron chi connectivity index (χ3n) is 4.76. The highest BCUT2D eigenvalue weighted by Gasteiger charge is 2.22. The van der Waals surface area contributed by atoms with E-state index >= 15 is 0 Å². The Morgan fingerprint density at radius 1 is 1.24 bits per heavy atom. The van der Waals surface area contributed by atoms with Crippen molar-refractivity contribution < 1.29 is 9.18 Å². The molecule has 0 spiro atoms. The minimum atomic E-state index is -0.336. The van der Waals surface area contributed by atoms with E-state index in [1.54, 1.807) is 34.6 Å². The van der Waals surface area contributed by atoms with Gasteiger partial charge in [0.05, 0.1) is 24.0 Å². The summed E-state index contributed by atoms with van der Waals surface area (Å²) in [5, 5.41) is 7.20. The highest BCUT2D eigenvalue weighted by molar-refractivity contribution is 7.09. The number of pyridine rings is 1. The lowest BCUT2D eigenvalue weighted by molar-refractivity contribution is 0.0984. The molecule has 5 nitrogen and oxygen atoms in total. The summed E-state index contributed by atoms with van der Waals surface area (Å²) < 4.78 is 15.3. The van der Waals surface area contributed by atoms with E-state index < -0.39 is 0 Å². The zero-order chi connectivity index (χ0) is 20.5. The number of fused-ring (bicyclic) bond motifs is 1. The van der Waals surface area contributed by atoms with Crippen molar-refractivity contribution in [2.24, 2.45) is 0 Å². The number of hydrogen-bond donors (Lipinski definition) is 0. The van der Waals surface area contributed by atoms with Crippen molar-refractivity contribution in [1.82, 2.24) is 14.8 Å². The Morgan fingerprint density at radius 3 is 2.66 bits per heavy atom. The van der Waals surface area contributed by atoms with Crippen molar-refractivity contribution in [2.75, 3.05) is 4.90 Å². The Hall–Kier alpha value is -3.06. The Kier molecular flexibility index (Phi) is 5.15. The Balaban J connectivity index is 1.77. The van der Waals surface area contributed by atoms with Gasteiger partial charge in [0.15, 0.2) is 5.65 Å². The van der Waals surface area contributed by atoms with Crippen LogP contribution in [0, 0.1) is 12.7 Å². The van der Waals surface area contributed by atoms with Crippen molar-refractivity contribution in [3.63, 3.8) is 0 Å². The van der Waals surface area contributed by atoms with Crippen molar-refractivity contribution in [3.05, 3.63) is 76.0 Å². The van der Waals surface area contributed by atoms with E-state index in [1.807, 2.05) is 49.0 Å². The topological polar surface area (TPSA) is 51.0 Å². The lowest BCUT2D eigenvalue weighted by Crippen LogP contribution is -2.31. The zero-order valence-corrected chi connectivity index (χ0v) is 17.3. The van der Waals surface area contributed by atoms with Crippen LogP contribution >= 0.6 is 11.3 Å². The van der Waals surface area contributed by atoms with Gasteiger partial charge in [-0.15, -0.1) is 11.3 Å². The molecule has 4 rings (SSSR count). The Labute approximate surface area is 172 Å². The van der Waals surface area contributed by atoms with Gasteiger partial charge in [-0.25, -0.2) is 14.1 Å². The molecule has 0 aliphatic rings. The zero-order valence-electron chi connectivity index (χ0n) is 16.5. The second-order valence-corrected chi connectivity index (χ2v) is 8.20. The summed E-state index contributed by atoms with van der Waals surface area (Å²) in [7, 11) is 0. The summed E-state index contributed by atoms with van der Waals surface area (Å²) in [6.07, 6.45) is 1.74. The minimum absolute atomic E-state index is 0.172. The van der Waals surface area contributed by atoms with Crippen LogP contribution in [-0.4, -0.2) is 20.7 Å². The maximum atomic E-state index is 13.5. The molecule has 0 atom stereocenters. The van der Waals surface area contributed by atoms with Gasteiger partial charge in [0.2, 0.25) is 0 Å². The molecule has 1 aromatic carbocycles. The van der Waals surface area contributed by atoms with Gasteiger partial charge in [0, 0.05) is 22.0 Å². The fourth-order valence-corrected chi connectivity index (χ4v) is 3.96. The third kappa shape index (κ3) is 3.78. The van der Waals surface area contributed by atoms with Crippen LogP contribution in [0.25, 0.3) is 11.0 Å². The van der Waals surface area contributed by atoms with Gasteiger partial charge in [-0.2, -0.15) is 5.10 Å². The fourth-order valence-electron chi connectivity index (χ4n) is 3.27. The molecule has 0 saturated heterocycles. The van der Waals surface area contributed by atoms with Gasteiger partial charge in [0.25, 0.3) is 5.91 Å². The highest BCUT2D eigenvalue weighted by atomic mass is 32.1. The second kappa shape index (κ2) is 7.75. The minimum Gasteiger partial charge on any atom is -0.303 e.